The minimum absolute atomic E-state index is 0.0381. The number of thiophene rings is 1. The first-order valence-electron chi connectivity index (χ1n) is 7.49. The van der Waals surface area contributed by atoms with Gasteiger partial charge in [0.1, 0.15) is 5.82 Å². The number of nitrogens with one attached hydrogen (secondary N) is 2. The Morgan fingerprint density at radius 1 is 1.48 bits per heavy atom. The largest absolute Gasteiger partial charge is 0.359 e. The number of hydrogen-bond donors (Lipinski definition) is 2. The zero-order valence-corrected chi connectivity index (χ0v) is 13.9. The molecule has 122 valence electrons. The number of aromatic amines is 1. The summed E-state index contributed by atoms with van der Waals surface area (Å²) in [5, 5.41) is 11.6. The predicted molar refractivity (Wildman–Crippen MR) is 86.0 cm³/mol. The maximum atomic E-state index is 12.5. The lowest BCUT2D eigenvalue weighted by atomic mass is 9.94. The van der Waals surface area contributed by atoms with Crippen molar-refractivity contribution in [3.63, 3.8) is 0 Å². The van der Waals surface area contributed by atoms with E-state index in [1.54, 1.807) is 23.3 Å². The molecule has 0 spiro atoms. The molecule has 0 aromatic carbocycles. The molecule has 1 aliphatic heterocycles. The molecule has 0 aliphatic carbocycles. The van der Waals surface area contributed by atoms with Crippen LogP contribution in [-0.2, 0) is 16.0 Å². The van der Waals surface area contributed by atoms with Gasteiger partial charge in [-0.2, -0.15) is 5.10 Å². The van der Waals surface area contributed by atoms with Gasteiger partial charge in [-0.3, -0.25) is 14.7 Å². The highest BCUT2D eigenvalue weighted by Crippen LogP contribution is 2.31. The zero-order chi connectivity index (χ0) is 16.4. The summed E-state index contributed by atoms with van der Waals surface area (Å²) in [7, 11) is 1.61. The molecule has 2 atom stereocenters. The van der Waals surface area contributed by atoms with Crippen LogP contribution in [0.3, 0.4) is 0 Å². The summed E-state index contributed by atoms with van der Waals surface area (Å²) in [4.78, 5) is 31.8. The van der Waals surface area contributed by atoms with Crippen molar-refractivity contribution in [2.24, 2.45) is 5.92 Å². The molecular weight excluding hydrogens is 314 g/mol. The number of aryl methyl sites for hydroxylation is 1. The van der Waals surface area contributed by atoms with Crippen molar-refractivity contribution in [3.8, 4) is 0 Å². The quantitative estimate of drug-likeness (QED) is 0.862. The van der Waals surface area contributed by atoms with E-state index in [-0.39, 0.29) is 23.7 Å². The second kappa shape index (κ2) is 6.49. The van der Waals surface area contributed by atoms with Gasteiger partial charge in [-0.05, 0) is 18.4 Å². The molecule has 2 aromatic heterocycles. The van der Waals surface area contributed by atoms with Crippen LogP contribution < -0.4 is 5.32 Å². The van der Waals surface area contributed by atoms with Crippen molar-refractivity contribution in [1.82, 2.24) is 25.4 Å². The fraction of sp³-hybridized carbons (Fsp3) is 0.467. The average Bonchev–Trinajstić information content (AvgIpc) is 3.25. The summed E-state index contributed by atoms with van der Waals surface area (Å²) in [5.74, 6) is 0.774. The lowest BCUT2D eigenvalue weighted by molar-refractivity contribution is -0.130. The van der Waals surface area contributed by atoms with E-state index in [1.165, 1.54) is 0 Å². The standard InChI is InChI=1S/C15H19N5O2S/c1-9-17-14(19-18-9)11-7-20(8-12(11)15(22)16-2)13(21)6-10-4-3-5-23-10/h3-5,11-12H,6-8H2,1-2H3,(H,16,22)(H,17,18,19)/t11-,12-/m1/s1. The van der Waals surface area contributed by atoms with Gasteiger partial charge in [0.15, 0.2) is 5.82 Å². The van der Waals surface area contributed by atoms with Crippen LogP contribution in [-0.4, -0.2) is 52.0 Å². The molecule has 0 bridgehead atoms. The maximum Gasteiger partial charge on any atom is 0.227 e. The molecule has 0 unspecified atom stereocenters. The van der Waals surface area contributed by atoms with Crippen molar-refractivity contribution in [2.45, 2.75) is 19.3 Å². The number of rotatable bonds is 4. The van der Waals surface area contributed by atoms with Crippen LogP contribution >= 0.6 is 11.3 Å². The topological polar surface area (TPSA) is 91.0 Å². The molecule has 23 heavy (non-hydrogen) atoms. The number of H-pyrrole nitrogens is 1. The Morgan fingerprint density at radius 3 is 2.91 bits per heavy atom. The highest BCUT2D eigenvalue weighted by atomic mass is 32.1. The predicted octanol–water partition coefficient (Wildman–Crippen LogP) is 0.705. The first kappa shape index (κ1) is 15.7. The van der Waals surface area contributed by atoms with Crippen LogP contribution in [0.1, 0.15) is 22.4 Å². The normalized spacial score (nSPS) is 20.7. The molecule has 0 saturated carbocycles. The summed E-state index contributed by atoms with van der Waals surface area (Å²) in [6.07, 6.45) is 0.373. The molecule has 1 saturated heterocycles. The third-order valence-corrected chi connectivity index (χ3v) is 4.98. The number of amides is 2. The van der Waals surface area contributed by atoms with Crippen molar-refractivity contribution in [3.05, 3.63) is 34.0 Å². The second-order valence-electron chi connectivity index (χ2n) is 5.66. The number of nitrogens with zero attached hydrogens (tertiary/aromatic N) is 3. The van der Waals surface area contributed by atoms with Gasteiger partial charge in [0.25, 0.3) is 0 Å². The fourth-order valence-corrected chi connectivity index (χ4v) is 3.62. The van der Waals surface area contributed by atoms with Crippen LogP contribution in [0, 0.1) is 12.8 Å². The minimum Gasteiger partial charge on any atom is -0.359 e. The van der Waals surface area contributed by atoms with Crippen molar-refractivity contribution < 1.29 is 9.59 Å². The van der Waals surface area contributed by atoms with Gasteiger partial charge in [0.2, 0.25) is 11.8 Å². The van der Waals surface area contributed by atoms with Crippen molar-refractivity contribution in [2.75, 3.05) is 20.1 Å². The van der Waals surface area contributed by atoms with Gasteiger partial charge in [-0.25, -0.2) is 4.98 Å². The maximum absolute atomic E-state index is 12.5. The lowest BCUT2D eigenvalue weighted by Gasteiger charge is -2.15. The molecule has 2 N–H and O–H groups in total. The van der Waals surface area contributed by atoms with E-state index in [0.717, 1.165) is 4.88 Å². The third-order valence-electron chi connectivity index (χ3n) is 4.11. The molecule has 2 aromatic rings. The van der Waals surface area contributed by atoms with E-state index in [9.17, 15) is 9.59 Å². The first-order chi connectivity index (χ1) is 11.1. The summed E-state index contributed by atoms with van der Waals surface area (Å²) in [6.45, 7) is 2.70. The van der Waals surface area contributed by atoms with E-state index in [1.807, 2.05) is 24.4 Å². The highest BCUT2D eigenvalue weighted by molar-refractivity contribution is 7.10. The lowest BCUT2D eigenvalue weighted by Crippen LogP contribution is -2.34. The molecule has 3 heterocycles. The van der Waals surface area contributed by atoms with Gasteiger partial charge < -0.3 is 10.2 Å². The van der Waals surface area contributed by atoms with E-state index in [4.69, 9.17) is 0 Å². The smallest absolute Gasteiger partial charge is 0.227 e. The Kier molecular flexibility index (Phi) is 4.42. The third kappa shape index (κ3) is 3.26. The Labute approximate surface area is 138 Å². The first-order valence-corrected chi connectivity index (χ1v) is 8.37. The summed E-state index contributed by atoms with van der Waals surface area (Å²) in [5.41, 5.74) is 0. The van der Waals surface area contributed by atoms with Crippen LogP contribution in [0.15, 0.2) is 17.5 Å². The number of aromatic nitrogens is 3. The van der Waals surface area contributed by atoms with E-state index in [0.29, 0.717) is 31.2 Å². The SMILES string of the molecule is CNC(=O)[C@@H]1CN(C(=O)Cc2cccs2)C[C@H]1c1n[nH]c(C)n1. The van der Waals surface area contributed by atoms with Crippen molar-refractivity contribution >= 4 is 23.2 Å². The molecule has 1 fully saturated rings. The van der Waals surface area contributed by atoms with Crippen molar-refractivity contribution in [1.29, 1.82) is 0 Å². The number of carbonyl (C=O) groups is 2. The van der Waals surface area contributed by atoms with E-state index in [2.05, 4.69) is 20.5 Å². The van der Waals surface area contributed by atoms with E-state index < -0.39 is 0 Å². The summed E-state index contributed by atoms with van der Waals surface area (Å²) < 4.78 is 0. The molecular formula is C15H19N5O2S. The van der Waals surface area contributed by atoms with Crippen LogP contribution in [0.25, 0.3) is 0 Å². The Bertz CT molecular complexity index is 697. The Balaban J connectivity index is 1.76. The number of carbonyl (C=O) groups excluding carboxylic acids is 2. The minimum atomic E-state index is -0.317. The van der Waals surface area contributed by atoms with Crippen LogP contribution in [0.5, 0.6) is 0 Å². The monoisotopic (exact) mass is 333 g/mol. The molecule has 2 amide bonds. The number of likely N-dealkylation sites (tertiary alicyclic amines) is 1. The van der Waals surface area contributed by atoms with Gasteiger partial charge >= 0.3 is 0 Å². The van der Waals surface area contributed by atoms with Gasteiger partial charge in [0.05, 0.1) is 18.3 Å². The van der Waals surface area contributed by atoms with Crippen LogP contribution in [0.4, 0.5) is 0 Å². The zero-order valence-electron chi connectivity index (χ0n) is 13.1. The van der Waals surface area contributed by atoms with E-state index >= 15 is 0 Å². The molecule has 8 heteroatoms. The highest BCUT2D eigenvalue weighted by Gasteiger charge is 2.41. The molecule has 3 rings (SSSR count). The molecule has 1 aliphatic rings. The molecule has 0 radical (unpaired) electrons. The van der Waals surface area contributed by atoms with Gasteiger partial charge in [-0.1, -0.05) is 6.07 Å². The summed E-state index contributed by atoms with van der Waals surface area (Å²) >= 11 is 1.57. The van der Waals surface area contributed by atoms with Gasteiger partial charge in [0, 0.05) is 25.0 Å². The Hall–Kier alpha value is -2.22. The summed E-state index contributed by atoms with van der Waals surface area (Å²) in [6, 6.07) is 3.88. The fourth-order valence-electron chi connectivity index (χ4n) is 2.92. The molecule has 7 nitrogen and oxygen atoms in total. The van der Waals surface area contributed by atoms with Gasteiger partial charge in [-0.15, -0.1) is 11.3 Å². The number of hydrogen-bond acceptors (Lipinski definition) is 5. The van der Waals surface area contributed by atoms with Crippen LogP contribution in [0.2, 0.25) is 0 Å². The average molecular weight is 333 g/mol. The Morgan fingerprint density at radius 2 is 2.30 bits per heavy atom. The second-order valence-corrected chi connectivity index (χ2v) is 6.69.